The van der Waals surface area contributed by atoms with E-state index in [9.17, 15) is 0 Å². The first-order valence-electron chi connectivity index (χ1n) is 22.2. The summed E-state index contributed by atoms with van der Waals surface area (Å²) in [6.07, 6.45) is 6.65. The lowest BCUT2D eigenvalue weighted by Gasteiger charge is -2.28. The lowest BCUT2D eigenvalue weighted by atomic mass is 9.82. The van der Waals surface area contributed by atoms with Gasteiger partial charge < -0.3 is 9.80 Å². The van der Waals surface area contributed by atoms with Crippen LogP contribution in [-0.2, 0) is 0 Å². The van der Waals surface area contributed by atoms with E-state index < -0.39 is 0 Å². The van der Waals surface area contributed by atoms with E-state index in [0.29, 0.717) is 0 Å². The molecule has 1 aliphatic rings. The van der Waals surface area contributed by atoms with Crippen LogP contribution in [0.4, 0.5) is 34.1 Å². The van der Waals surface area contributed by atoms with E-state index in [0.717, 1.165) is 47.0 Å². The molecule has 0 amide bonds. The Morgan fingerprint density at radius 1 is 0.234 bits per heavy atom. The van der Waals surface area contributed by atoms with Gasteiger partial charge in [-0.05, 0) is 152 Å². The number of rotatable bonds is 10. The number of benzene rings is 10. The molecular formula is C62H46N2. The third-order valence-electron chi connectivity index (χ3n) is 12.6. The summed E-state index contributed by atoms with van der Waals surface area (Å²) in [5.74, 6) is 0. The Morgan fingerprint density at radius 2 is 0.578 bits per heavy atom. The van der Waals surface area contributed by atoms with Gasteiger partial charge in [0.1, 0.15) is 0 Å². The summed E-state index contributed by atoms with van der Waals surface area (Å²) in [6.45, 7) is 0. The molecule has 0 aromatic heterocycles. The highest BCUT2D eigenvalue weighted by Crippen LogP contribution is 2.48. The highest BCUT2D eigenvalue weighted by atomic mass is 15.1. The molecule has 2 heteroatoms. The summed E-state index contributed by atoms with van der Waals surface area (Å²) in [4.78, 5) is 4.76. The Bertz CT molecular complexity index is 3190. The van der Waals surface area contributed by atoms with Gasteiger partial charge in [0.05, 0.1) is 0 Å². The molecule has 0 radical (unpaired) electrons. The van der Waals surface area contributed by atoms with Crippen molar-refractivity contribution in [2.45, 2.75) is 12.8 Å². The first kappa shape index (κ1) is 38.7. The van der Waals surface area contributed by atoms with Crippen LogP contribution in [0.25, 0.3) is 54.9 Å². The maximum atomic E-state index is 2.44. The Morgan fingerprint density at radius 3 is 1.02 bits per heavy atom. The first-order valence-corrected chi connectivity index (χ1v) is 22.2. The zero-order chi connectivity index (χ0) is 42.7. The monoisotopic (exact) mass is 818 g/mol. The van der Waals surface area contributed by atoms with Crippen molar-refractivity contribution in [1.82, 2.24) is 0 Å². The molecule has 1 aliphatic carbocycles. The maximum Gasteiger partial charge on any atom is 0.0468 e. The average molecular weight is 819 g/mol. The van der Waals surface area contributed by atoms with E-state index >= 15 is 0 Å². The summed E-state index contributed by atoms with van der Waals surface area (Å²) < 4.78 is 0. The third-order valence-corrected chi connectivity index (χ3v) is 12.6. The van der Waals surface area contributed by atoms with Crippen molar-refractivity contribution in [1.29, 1.82) is 0 Å². The predicted molar refractivity (Wildman–Crippen MR) is 273 cm³/mol. The molecule has 0 spiro atoms. The molecule has 64 heavy (non-hydrogen) atoms. The van der Waals surface area contributed by atoms with Crippen molar-refractivity contribution in [3.8, 4) is 22.3 Å². The van der Waals surface area contributed by atoms with Gasteiger partial charge in [0, 0.05) is 34.1 Å². The van der Waals surface area contributed by atoms with Crippen LogP contribution >= 0.6 is 0 Å². The molecule has 0 N–H and O–H groups in total. The average Bonchev–Trinajstić information content (AvgIpc) is 3.38. The Labute approximate surface area is 376 Å². The fourth-order valence-electron chi connectivity index (χ4n) is 9.54. The highest BCUT2D eigenvalue weighted by Gasteiger charge is 2.24. The van der Waals surface area contributed by atoms with Gasteiger partial charge in [-0.25, -0.2) is 0 Å². The van der Waals surface area contributed by atoms with Gasteiger partial charge in [-0.2, -0.15) is 0 Å². The number of hydrogen-bond acceptors (Lipinski definition) is 2. The second-order valence-corrected chi connectivity index (χ2v) is 16.4. The van der Waals surface area contributed by atoms with Crippen molar-refractivity contribution in [2.24, 2.45) is 0 Å². The van der Waals surface area contributed by atoms with Crippen LogP contribution in [0.3, 0.4) is 0 Å². The summed E-state index contributed by atoms with van der Waals surface area (Å²) in [7, 11) is 0. The van der Waals surface area contributed by atoms with E-state index in [1.807, 2.05) is 0 Å². The molecule has 304 valence electrons. The quantitative estimate of drug-likeness (QED) is 0.127. The van der Waals surface area contributed by atoms with Gasteiger partial charge in [0.15, 0.2) is 0 Å². The standard InChI is InChI=1S/C62H46N2/c1-7-19-45(20-8-1)47-31-35-49(36-32-47)61-57-41-39-56(64(53-27-15-5-16-28-53)54-29-17-6-18-30-54)44-60(57)62(50-37-33-48(34-38-50)46-21-9-2-10-22-46)58-42-40-55(43-59(58)61)63(51-23-11-3-12-24-51)52-25-13-4-14-26-52/h1-33,35-37,39-44H,34,38H2. The van der Waals surface area contributed by atoms with E-state index in [4.69, 9.17) is 0 Å². The van der Waals surface area contributed by atoms with Gasteiger partial charge >= 0.3 is 0 Å². The molecule has 10 aromatic rings. The molecule has 0 unspecified atom stereocenters. The minimum atomic E-state index is 0.934. The van der Waals surface area contributed by atoms with E-state index in [1.54, 1.807) is 0 Å². The van der Waals surface area contributed by atoms with Crippen LogP contribution < -0.4 is 9.80 Å². The Hall–Kier alpha value is -8.20. The Kier molecular flexibility index (Phi) is 10.5. The van der Waals surface area contributed by atoms with Crippen molar-refractivity contribution >= 4 is 66.8 Å². The molecule has 2 nitrogen and oxygen atoms in total. The third kappa shape index (κ3) is 7.46. The molecule has 0 aliphatic heterocycles. The van der Waals surface area contributed by atoms with E-state index in [2.05, 4.69) is 265 Å². The minimum absolute atomic E-state index is 0.934. The van der Waals surface area contributed by atoms with Gasteiger partial charge in [0.25, 0.3) is 0 Å². The summed E-state index contributed by atoms with van der Waals surface area (Å²) in [5.41, 5.74) is 16.8. The molecule has 0 saturated heterocycles. The number of anilines is 6. The summed E-state index contributed by atoms with van der Waals surface area (Å²) >= 11 is 0. The van der Waals surface area contributed by atoms with Crippen LogP contribution in [0.5, 0.6) is 0 Å². The van der Waals surface area contributed by atoms with Gasteiger partial charge in [-0.3, -0.25) is 0 Å². The van der Waals surface area contributed by atoms with Crippen molar-refractivity contribution in [2.75, 3.05) is 9.80 Å². The second kappa shape index (κ2) is 17.3. The van der Waals surface area contributed by atoms with Crippen LogP contribution in [0, 0.1) is 0 Å². The number of hydrogen-bond donors (Lipinski definition) is 0. The van der Waals surface area contributed by atoms with Crippen LogP contribution in [0.15, 0.2) is 255 Å². The van der Waals surface area contributed by atoms with Crippen LogP contribution in [-0.4, -0.2) is 0 Å². The van der Waals surface area contributed by atoms with Crippen molar-refractivity contribution < 1.29 is 0 Å². The summed E-state index contributed by atoms with van der Waals surface area (Å²) in [6, 6.07) is 87.9. The fraction of sp³-hybridized carbons (Fsp3) is 0.0323. The lowest BCUT2D eigenvalue weighted by Crippen LogP contribution is -2.10. The Balaban J connectivity index is 1.21. The summed E-state index contributed by atoms with van der Waals surface area (Å²) in [5, 5.41) is 4.92. The van der Waals surface area contributed by atoms with E-state index in [1.165, 1.54) is 66.1 Å². The molecule has 0 heterocycles. The van der Waals surface area contributed by atoms with Crippen LogP contribution in [0.2, 0.25) is 0 Å². The number of nitrogens with zero attached hydrogens (tertiary/aromatic N) is 2. The SMILES string of the molecule is C1=C(c2ccccc2)CCC(c2c3cc(N(c4ccccc4)c4ccccc4)ccc3c(-c3ccc(-c4ccccc4)cc3)c3cc(N(c4ccccc4)c4ccccc4)ccc23)=C1. The van der Waals surface area contributed by atoms with Gasteiger partial charge in [-0.1, -0.05) is 182 Å². The first-order chi connectivity index (χ1) is 31.8. The van der Waals surface area contributed by atoms with E-state index in [-0.39, 0.29) is 0 Å². The molecule has 0 bridgehead atoms. The molecule has 10 aromatic carbocycles. The molecular weight excluding hydrogens is 773 g/mol. The van der Waals surface area contributed by atoms with Gasteiger partial charge in [0.2, 0.25) is 0 Å². The number of para-hydroxylation sites is 4. The van der Waals surface area contributed by atoms with Crippen molar-refractivity contribution in [3.63, 3.8) is 0 Å². The zero-order valence-electron chi connectivity index (χ0n) is 35.6. The lowest BCUT2D eigenvalue weighted by molar-refractivity contribution is 1.08. The van der Waals surface area contributed by atoms with Crippen LogP contribution in [0.1, 0.15) is 24.0 Å². The normalized spacial score (nSPS) is 12.4. The molecule has 11 rings (SSSR count). The second-order valence-electron chi connectivity index (χ2n) is 16.4. The molecule has 0 fully saturated rings. The minimum Gasteiger partial charge on any atom is -0.310 e. The smallest absolute Gasteiger partial charge is 0.0468 e. The largest absolute Gasteiger partial charge is 0.310 e. The molecule has 0 atom stereocenters. The van der Waals surface area contributed by atoms with Gasteiger partial charge in [-0.15, -0.1) is 0 Å². The number of allylic oxidation sites excluding steroid dienone is 4. The fourth-order valence-corrected chi connectivity index (χ4v) is 9.54. The topological polar surface area (TPSA) is 6.48 Å². The highest BCUT2D eigenvalue weighted by molar-refractivity contribution is 6.20. The number of fused-ring (bicyclic) bond motifs is 2. The maximum absolute atomic E-state index is 2.44. The van der Waals surface area contributed by atoms with Crippen molar-refractivity contribution in [3.05, 3.63) is 266 Å². The molecule has 0 saturated carbocycles. The zero-order valence-corrected chi connectivity index (χ0v) is 35.6. The predicted octanol–water partition coefficient (Wildman–Crippen LogP) is 17.5.